The summed E-state index contributed by atoms with van der Waals surface area (Å²) in [6.07, 6.45) is 4.12. The Morgan fingerprint density at radius 3 is 2.64 bits per heavy atom. The summed E-state index contributed by atoms with van der Waals surface area (Å²) in [5.41, 5.74) is 2.11. The number of rotatable bonds is 8. The first kappa shape index (κ1) is 18.8. The van der Waals surface area contributed by atoms with E-state index in [1.807, 2.05) is 37.4 Å². The molecule has 1 N–H and O–H groups in total. The van der Waals surface area contributed by atoms with Crippen molar-refractivity contribution in [2.45, 2.75) is 32.9 Å². The smallest absolute Gasteiger partial charge is 0.193 e. The van der Waals surface area contributed by atoms with Crippen molar-refractivity contribution < 1.29 is 4.74 Å². The molecule has 0 radical (unpaired) electrons. The molecule has 0 fully saturated rings. The lowest BCUT2D eigenvalue weighted by Gasteiger charge is -2.21. The fraction of sp³-hybridized carbons (Fsp3) is 0.400. The molecular weight excluding hydrogens is 312 g/mol. The molecular formula is C20H28N4O. The van der Waals surface area contributed by atoms with Crippen LogP contribution in [0.1, 0.15) is 31.0 Å². The summed E-state index contributed by atoms with van der Waals surface area (Å²) in [5.74, 6) is 1.77. The molecule has 0 aliphatic heterocycles. The number of hydrogen-bond acceptors (Lipinski definition) is 3. The number of pyridine rings is 1. The maximum atomic E-state index is 5.76. The molecule has 0 unspecified atom stereocenters. The van der Waals surface area contributed by atoms with Gasteiger partial charge in [-0.2, -0.15) is 0 Å². The van der Waals surface area contributed by atoms with Gasteiger partial charge in [0.05, 0.1) is 5.69 Å². The van der Waals surface area contributed by atoms with Crippen LogP contribution in [-0.4, -0.2) is 36.5 Å². The van der Waals surface area contributed by atoms with Gasteiger partial charge in [-0.3, -0.25) is 9.98 Å². The Bertz CT molecular complexity index is 641. The van der Waals surface area contributed by atoms with E-state index in [2.05, 4.69) is 46.3 Å². The predicted molar refractivity (Wildman–Crippen MR) is 103 cm³/mol. The van der Waals surface area contributed by atoms with Crippen LogP contribution in [0.5, 0.6) is 5.75 Å². The molecule has 2 aromatic rings. The molecule has 1 heterocycles. The van der Waals surface area contributed by atoms with Gasteiger partial charge in [0.25, 0.3) is 0 Å². The van der Waals surface area contributed by atoms with Gasteiger partial charge >= 0.3 is 0 Å². The first-order valence-electron chi connectivity index (χ1n) is 8.76. The van der Waals surface area contributed by atoms with Gasteiger partial charge < -0.3 is 15.0 Å². The van der Waals surface area contributed by atoms with E-state index in [1.54, 1.807) is 6.20 Å². The van der Waals surface area contributed by atoms with Crippen molar-refractivity contribution in [3.8, 4) is 5.75 Å². The number of nitrogens with zero attached hydrogens (tertiary/aromatic N) is 3. The van der Waals surface area contributed by atoms with Crippen molar-refractivity contribution in [3.05, 3.63) is 59.9 Å². The molecule has 0 aliphatic rings. The molecule has 5 heteroatoms. The van der Waals surface area contributed by atoms with Crippen LogP contribution in [0, 0.1) is 0 Å². The Labute approximate surface area is 150 Å². The molecule has 0 saturated heterocycles. The zero-order valence-corrected chi connectivity index (χ0v) is 15.4. The minimum Gasteiger partial charge on any atom is -0.487 e. The van der Waals surface area contributed by atoms with Crippen molar-refractivity contribution >= 4 is 5.96 Å². The molecule has 0 bridgehead atoms. The maximum Gasteiger partial charge on any atom is 0.193 e. The number of nitrogens with one attached hydrogen (secondary N) is 1. The number of aromatic nitrogens is 1. The van der Waals surface area contributed by atoms with Crippen LogP contribution in [-0.2, 0) is 13.2 Å². The Balaban J connectivity index is 1.81. The monoisotopic (exact) mass is 340 g/mol. The van der Waals surface area contributed by atoms with E-state index in [0.717, 1.165) is 30.5 Å². The average Bonchev–Trinajstić information content (AvgIpc) is 2.67. The van der Waals surface area contributed by atoms with Crippen LogP contribution in [0.4, 0.5) is 0 Å². The van der Waals surface area contributed by atoms with Crippen LogP contribution in [0.15, 0.2) is 53.7 Å². The zero-order chi connectivity index (χ0) is 17.9. The molecule has 0 aliphatic carbocycles. The Morgan fingerprint density at radius 1 is 1.20 bits per heavy atom. The van der Waals surface area contributed by atoms with Crippen LogP contribution < -0.4 is 10.1 Å². The fourth-order valence-electron chi connectivity index (χ4n) is 2.41. The van der Waals surface area contributed by atoms with E-state index >= 15 is 0 Å². The molecule has 1 aromatic heterocycles. The lowest BCUT2D eigenvalue weighted by Crippen LogP contribution is -2.38. The number of aliphatic imine (C=N–C) groups is 1. The quantitative estimate of drug-likeness (QED) is 0.590. The van der Waals surface area contributed by atoms with Crippen molar-refractivity contribution in [2.24, 2.45) is 4.99 Å². The highest BCUT2D eigenvalue weighted by Crippen LogP contribution is 2.13. The van der Waals surface area contributed by atoms with Gasteiger partial charge in [0, 0.05) is 33.4 Å². The molecule has 1 aromatic carbocycles. The third-order valence-corrected chi connectivity index (χ3v) is 3.91. The van der Waals surface area contributed by atoms with Gasteiger partial charge in [-0.25, -0.2) is 0 Å². The number of guanidine groups is 1. The minimum absolute atomic E-state index is 0.479. The minimum atomic E-state index is 0.479. The summed E-state index contributed by atoms with van der Waals surface area (Å²) in [6, 6.07) is 13.9. The second-order valence-electron chi connectivity index (χ2n) is 5.93. The van der Waals surface area contributed by atoms with E-state index in [-0.39, 0.29) is 0 Å². The highest BCUT2D eigenvalue weighted by Gasteiger charge is 2.05. The topological polar surface area (TPSA) is 49.8 Å². The third kappa shape index (κ3) is 6.45. The highest BCUT2D eigenvalue weighted by molar-refractivity contribution is 5.79. The standard InChI is InChI=1S/C20H28N4O/c1-4-5-14-24(3)20(21-2)23-15-17-9-11-19(12-10-17)25-16-18-8-6-7-13-22-18/h6-13H,4-5,14-16H2,1-3H3,(H,21,23). The Kier molecular flexibility index (Phi) is 7.76. The first-order valence-corrected chi connectivity index (χ1v) is 8.76. The summed E-state index contributed by atoms with van der Waals surface area (Å²) in [5, 5.41) is 3.40. The predicted octanol–water partition coefficient (Wildman–Crippen LogP) is 3.47. The normalized spacial score (nSPS) is 11.2. The Morgan fingerprint density at radius 2 is 2.00 bits per heavy atom. The first-order chi connectivity index (χ1) is 12.2. The molecule has 5 nitrogen and oxygen atoms in total. The van der Waals surface area contributed by atoms with Gasteiger partial charge in [-0.1, -0.05) is 31.5 Å². The van der Waals surface area contributed by atoms with Crippen molar-refractivity contribution in [1.82, 2.24) is 15.2 Å². The van der Waals surface area contributed by atoms with Crippen LogP contribution in [0.2, 0.25) is 0 Å². The number of unbranched alkanes of at least 4 members (excludes halogenated alkanes) is 1. The van der Waals surface area contributed by atoms with E-state index < -0.39 is 0 Å². The SMILES string of the molecule is CCCCN(C)C(=NC)NCc1ccc(OCc2ccccn2)cc1. The average molecular weight is 340 g/mol. The van der Waals surface area contributed by atoms with Crippen molar-refractivity contribution in [1.29, 1.82) is 0 Å². The summed E-state index contributed by atoms with van der Waals surface area (Å²) >= 11 is 0. The second-order valence-corrected chi connectivity index (χ2v) is 5.93. The largest absolute Gasteiger partial charge is 0.487 e. The molecule has 0 amide bonds. The van der Waals surface area contributed by atoms with E-state index in [9.17, 15) is 0 Å². The summed E-state index contributed by atoms with van der Waals surface area (Å²) in [7, 11) is 3.89. The van der Waals surface area contributed by atoms with Crippen LogP contribution in [0.3, 0.4) is 0 Å². The lowest BCUT2D eigenvalue weighted by molar-refractivity contribution is 0.301. The van der Waals surface area contributed by atoms with Gasteiger partial charge in [0.1, 0.15) is 12.4 Å². The number of ether oxygens (including phenoxy) is 1. The maximum absolute atomic E-state index is 5.76. The zero-order valence-electron chi connectivity index (χ0n) is 15.4. The van der Waals surface area contributed by atoms with E-state index in [4.69, 9.17) is 4.74 Å². The van der Waals surface area contributed by atoms with Crippen molar-refractivity contribution in [2.75, 3.05) is 20.6 Å². The van der Waals surface area contributed by atoms with Gasteiger partial charge in [-0.05, 0) is 36.2 Å². The van der Waals surface area contributed by atoms with Gasteiger partial charge in [0.15, 0.2) is 5.96 Å². The number of hydrogen-bond donors (Lipinski definition) is 1. The molecule has 134 valence electrons. The summed E-state index contributed by atoms with van der Waals surface area (Å²) in [6.45, 7) is 4.43. The highest BCUT2D eigenvalue weighted by atomic mass is 16.5. The second kappa shape index (κ2) is 10.3. The molecule has 0 atom stereocenters. The van der Waals surface area contributed by atoms with Gasteiger partial charge in [-0.15, -0.1) is 0 Å². The fourth-order valence-corrected chi connectivity index (χ4v) is 2.41. The van der Waals surface area contributed by atoms with E-state index in [1.165, 1.54) is 18.4 Å². The summed E-state index contributed by atoms with van der Waals surface area (Å²) < 4.78 is 5.76. The third-order valence-electron chi connectivity index (χ3n) is 3.91. The van der Waals surface area contributed by atoms with E-state index in [0.29, 0.717) is 6.61 Å². The lowest BCUT2D eigenvalue weighted by atomic mass is 10.2. The summed E-state index contributed by atoms with van der Waals surface area (Å²) in [4.78, 5) is 10.8. The van der Waals surface area contributed by atoms with Gasteiger partial charge in [0.2, 0.25) is 0 Å². The molecule has 0 spiro atoms. The van der Waals surface area contributed by atoms with Crippen molar-refractivity contribution in [3.63, 3.8) is 0 Å². The van der Waals surface area contributed by atoms with Crippen LogP contribution >= 0.6 is 0 Å². The molecule has 2 rings (SSSR count). The van der Waals surface area contributed by atoms with Crippen LogP contribution in [0.25, 0.3) is 0 Å². The molecule has 25 heavy (non-hydrogen) atoms. The Hall–Kier alpha value is -2.56. The number of benzene rings is 1. The molecule has 0 saturated carbocycles.